The smallest absolute Gasteiger partial charge is 0.253 e. The van der Waals surface area contributed by atoms with Gasteiger partial charge in [0, 0.05) is 24.2 Å². The van der Waals surface area contributed by atoms with E-state index in [1.807, 2.05) is 13.0 Å². The van der Waals surface area contributed by atoms with E-state index in [1.165, 1.54) is 4.90 Å². The molecule has 2 saturated heterocycles. The van der Waals surface area contributed by atoms with Crippen LogP contribution in [-0.2, 0) is 4.79 Å². The van der Waals surface area contributed by atoms with Gasteiger partial charge < -0.3 is 15.1 Å². The van der Waals surface area contributed by atoms with E-state index >= 15 is 0 Å². The fourth-order valence-electron chi connectivity index (χ4n) is 4.08. The molecule has 0 radical (unpaired) electrons. The van der Waals surface area contributed by atoms with Gasteiger partial charge in [0.1, 0.15) is 6.04 Å². The van der Waals surface area contributed by atoms with E-state index in [4.69, 9.17) is 11.7 Å². The van der Waals surface area contributed by atoms with E-state index in [1.54, 1.807) is 29.2 Å². The Kier molecular flexibility index (Phi) is 6.40. The van der Waals surface area contributed by atoms with Crippen LogP contribution in [0.4, 0.5) is 0 Å². The molecular weight excluding hydrogens is 378 g/mol. The number of benzene rings is 1. The number of carbonyl (C=O) groups is 2. The number of likely N-dealkylation sites (tertiary alicyclic amines) is 2. The summed E-state index contributed by atoms with van der Waals surface area (Å²) in [4.78, 5) is 28.7. The summed E-state index contributed by atoms with van der Waals surface area (Å²) < 4.78 is 0. The zero-order chi connectivity index (χ0) is 21.7. The molecule has 3 rings (SSSR count). The summed E-state index contributed by atoms with van der Waals surface area (Å²) in [5.74, 6) is 2.41. The first-order chi connectivity index (χ1) is 14.4. The van der Waals surface area contributed by atoms with Crippen molar-refractivity contribution in [2.24, 2.45) is 0 Å². The quantitative estimate of drug-likeness (QED) is 0.771. The molecule has 30 heavy (non-hydrogen) atoms. The summed E-state index contributed by atoms with van der Waals surface area (Å²) in [7, 11) is 0. The fourth-order valence-corrected chi connectivity index (χ4v) is 4.08. The molecule has 7 heteroatoms. The highest BCUT2D eigenvalue weighted by atomic mass is 16.2. The normalized spacial score (nSPS) is 22.6. The Bertz CT molecular complexity index is 904. The summed E-state index contributed by atoms with van der Waals surface area (Å²) in [6.45, 7) is 3.33. The van der Waals surface area contributed by atoms with E-state index in [9.17, 15) is 14.9 Å². The van der Waals surface area contributed by atoms with Crippen molar-refractivity contribution in [2.75, 3.05) is 19.6 Å². The molecule has 1 N–H and O–H groups in total. The van der Waals surface area contributed by atoms with Crippen molar-refractivity contribution >= 4 is 11.8 Å². The molecule has 154 valence electrons. The zero-order valence-electron chi connectivity index (χ0n) is 17.1. The van der Waals surface area contributed by atoms with Gasteiger partial charge >= 0.3 is 0 Å². The molecule has 2 atom stereocenters. The van der Waals surface area contributed by atoms with Crippen LogP contribution in [0, 0.1) is 35.0 Å². The van der Waals surface area contributed by atoms with Crippen LogP contribution in [0.25, 0.3) is 0 Å². The number of nitrogens with one attached hydrogen (secondary N) is 1. The van der Waals surface area contributed by atoms with Crippen LogP contribution >= 0.6 is 0 Å². The first-order valence-corrected chi connectivity index (χ1v) is 10.1. The molecule has 0 spiro atoms. The fraction of sp³-hybridized carbons (Fsp3) is 0.478. The summed E-state index contributed by atoms with van der Waals surface area (Å²) in [6.07, 6.45) is 8.22. The SMILES string of the molecule is C#C[C@H]1CC[C@@H](C#N)N1C(=O)CNC1(C)CCN(C(=O)c2ccc(C#N)cc2)CC1. The molecule has 2 aliphatic rings. The predicted octanol–water partition coefficient (Wildman–Crippen LogP) is 1.66. The standard InChI is InChI=1S/C23H25N5O2/c1-3-19-8-9-20(15-25)28(19)21(29)16-26-23(2)10-12-27(13-11-23)22(30)18-6-4-17(14-24)5-7-18/h1,4-7,19-20,26H,8-13,16H2,2H3/t19-,20-/m0/s1. The molecule has 0 aromatic heterocycles. The Hall–Kier alpha value is -3.34. The van der Waals surface area contributed by atoms with Crippen LogP contribution in [0.1, 0.15) is 48.5 Å². The van der Waals surface area contributed by atoms with Gasteiger partial charge in [-0.25, -0.2) is 0 Å². The van der Waals surface area contributed by atoms with Gasteiger partial charge in [-0.05, 0) is 56.9 Å². The van der Waals surface area contributed by atoms with Crippen molar-refractivity contribution in [3.8, 4) is 24.5 Å². The van der Waals surface area contributed by atoms with E-state index in [2.05, 4.69) is 17.3 Å². The lowest BCUT2D eigenvalue weighted by Gasteiger charge is -2.40. The summed E-state index contributed by atoms with van der Waals surface area (Å²) in [5.41, 5.74) is 0.818. The number of carbonyl (C=O) groups excluding carboxylic acids is 2. The zero-order valence-corrected chi connectivity index (χ0v) is 17.1. The highest BCUT2D eigenvalue weighted by molar-refractivity contribution is 5.94. The summed E-state index contributed by atoms with van der Waals surface area (Å²) in [5, 5.41) is 21.5. The molecule has 7 nitrogen and oxygen atoms in total. The number of hydrogen-bond donors (Lipinski definition) is 1. The second kappa shape index (κ2) is 8.99. The lowest BCUT2D eigenvalue weighted by atomic mass is 9.89. The number of piperidine rings is 1. The van der Waals surface area contributed by atoms with Crippen molar-refractivity contribution in [3.05, 3.63) is 35.4 Å². The topological polar surface area (TPSA) is 100 Å². The molecule has 0 bridgehead atoms. The number of terminal acetylenes is 1. The Labute approximate surface area is 177 Å². The molecule has 2 heterocycles. The highest BCUT2D eigenvalue weighted by Gasteiger charge is 2.37. The molecular formula is C23H25N5O2. The van der Waals surface area contributed by atoms with Crippen LogP contribution in [0.3, 0.4) is 0 Å². The Morgan fingerprint density at radius 2 is 1.80 bits per heavy atom. The van der Waals surface area contributed by atoms with Crippen LogP contribution in [-0.4, -0.2) is 58.9 Å². The lowest BCUT2D eigenvalue weighted by molar-refractivity contribution is -0.131. The van der Waals surface area contributed by atoms with Crippen molar-refractivity contribution in [1.29, 1.82) is 10.5 Å². The van der Waals surface area contributed by atoms with Crippen molar-refractivity contribution in [3.63, 3.8) is 0 Å². The van der Waals surface area contributed by atoms with Gasteiger partial charge in [0.15, 0.2) is 0 Å². The van der Waals surface area contributed by atoms with E-state index in [0.29, 0.717) is 49.9 Å². The van der Waals surface area contributed by atoms with Crippen molar-refractivity contribution < 1.29 is 9.59 Å². The number of hydrogen-bond acceptors (Lipinski definition) is 5. The first kappa shape index (κ1) is 21.4. The van der Waals surface area contributed by atoms with Gasteiger partial charge in [-0.2, -0.15) is 10.5 Å². The predicted molar refractivity (Wildman–Crippen MR) is 111 cm³/mol. The van der Waals surface area contributed by atoms with Crippen LogP contribution < -0.4 is 5.32 Å². The van der Waals surface area contributed by atoms with Gasteiger partial charge in [0.2, 0.25) is 5.91 Å². The summed E-state index contributed by atoms with van der Waals surface area (Å²) >= 11 is 0. The number of nitrogens with zero attached hydrogens (tertiary/aromatic N) is 4. The van der Waals surface area contributed by atoms with Gasteiger partial charge in [-0.3, -0.25) is 9.59 Å². The third kappa shape index (κ3) is 4.46. The molecule has 0 unspecified atom stereocenters. The maximum Gasteiger partial charge on any atom is 0.253 e. The second-order valence-electron chi connectivity index (χ2n) is 8.10. The average Bonchev–Trinajstić information content (AvgIpc) is 3.21. The maximum atomic E-state index is 12.7. The van der Waals surface area contributed by atoms with Crippen molar-refractivity contribution in [1.82, 2.24) is 15.1 Å². The molecule has 2 amide bonds. The van der Waals surface area contributed by atoms with E-state index in [0.717, 1.165) is 0 Å². The summed E-state index contributed by atoms with van der Waals surface area (Å²) in [6, 6.07) is 10.1. The largest absolute Gasteiger partial charge is 0.339 e. The molecule has 0 aliphatic carbocycles. The lowest BCUT2D eigenvalue weighted by Crippen LogP contribution is -2.55. The van der Waals surface area contributed by atoms with E-state index in [-0.39, 0.29) is 29.9 Å². The number of nitriles is 2. The molecule has 1 aromatic rings. The minimum atomic E-state index is -0.458. The monoisotopic (exact) mass is 403 g/mol. The maximum absolute atomic E-state index is 12.7. The minimum absolute atomic E-state index is 0.0524. The van der Waals surface area contributed by atoms with Crippen molar-refractivity contribution in [2.45, 2.75) is 50.2 Å². The third-order valence-corrected chi connectivity index (χ3v) is 6.10. The van der Waals surface area contributed by atoms with E-state index < -0.39 is 6.04 Å². The second-order valence-corrected chi connectivity index (χ2v) is 8.10. The molecule has 2 fully saturated rings. The number of rotatable bonds is 4. The minimum Gasteiger partial charge on any atom is -0.339 e. The van der Waals surface area contributed by atoms with Crippen LogP contribution in [0.5, 0.6) is 0 Å². The van der Waals surface area contributed by atoms with Gasteiger partial charge in [-0.15, -0.1) is 6.42 Å². The van der Waals surface area contributed by atoms with Crippen LogP contribution in [0.15, 0.2) is 24.3 Å². The molecule has 1 aromatic carbocycles. The Balaban J connectivity index is 1.54. The average molecular weight is 403 g/mol. The van der Waals surface area contributed by atoms with Gasteiger partial charge in [-0.1, -0.05) is 5.92 Å². The molecule has 2 aliphatic heterocycles. The van der Waals surface area contributed by atoms with Gasteiger partial charge in [0.25, 0.3) is 5.91 Å². The third-order valence-electron chi connectivity index (χ3n) is 6.10. The van der Waals surface area contributed by atoms with Gasteiger partial charge in [0.05, 0.1) is 30.3 Å². The molecule has 0 saturated carbocycles. The van der Waals surface area contributed by atoms with Crippen LogP contribution in [0.2, 0.25) is 0 Å². The highest BCUT2D eigenvalue weighted by Crippen LogP contribution is 2.25. The Morgan fingerprint density at radius 3 is 2.37 bits per heavy atom. The Morgan fingerprint density at radius 1 is 1.17 bits per heavy atom. The first-order valence-electron chi connectivity index (χ1n) is 10.1. The number of amides is 2.